The van der Waals surface area contributed by atoms with Crippen molar-refractivity contribution in [3.63, 3.8) is 0 Å². The van der Waals surface area contributed by atoms with Crippen LogP contribution in [0.5, 0.6) is 0 Å². The minimum atomic E-state index is -0.359. The topological polar surface area (TPSA) is 0 Å². The van der Waals surface area contributed by atoms with Gasteiger partial charge in [0.05, 0.1) is 10.8 Å². The summed E-state index contributed by atoms with van der Waals surface area (Å²) in [5.74, 6) is 0. The van der Waals surface area contributed by atoms with E-state index in [4.69, 9.17) is 0 Å². The third-order valence-corrected chi connectivity index (χ3v) is 30.3. The average Bonchev–Trinajstić information content (AvgIpc) is 1.51. The Morgan fingerprint density at radius 2 is 0.383 bits per heavy atom. The summed E-state index contributed by atoms with van der Waals surface area (Å²) in [7, 11) is 0. The molecule has 16 aromatic carbocycles. The van der Waals surface area contributed by atoms with E-state index in [2.05, 4.69) is 397 Å². The maximum Gasteiger partial charge on any atom is 0.0713 e. The van der Waals surface area contributed by atoms with Gasteiger partial charge in [-0.25, -0.2) is 0 Å². The third kappa shape index (κ3) is 13.8. The highest BCUT2D eigenvalue weighted by Gasteiger charge is 2.50. The molecule has 0 radical (unpaired) electrons. The fourth-order valence-electron chi connectivity index (χ4n) is 23.3. The molecule has 0 saturated carbocycles. The molecule has 8 aliphatic carbocycles. The van der Waals surface area contributed by atoms with Crippen molar-refractivity contribution in [3.05, 3.63) is 542 Å². The van der Waals surface area contributed by atoms with E-state index in [0.717, 1.165) is 47.9 Å². The number of benzene rings is 16. The van der Waals surface area contributed by atoms with E-state index in [1.165, 1.54) is 252 Å². The van der Waals surface area contributed by atoms with Crippen LogP contribution in [0, 0.1) is 55.4 Å². The molecule has 624 valence electrons. The first kappa shape index (κ1) is 81.5. The van der Waals surface area contributed by atoms with Gasteiger partial charge in [-0.3, -0.25) is 0 Å². The number of aryl methyl sites for hydroxylation is 16. The zero-order chi connectivity index (χ0) is 87.5. The normalized spacial score (nSPS) is 14.8. The molecule has 0 fully saturated rings. The zero-order valence-electron chi connectivity index (χ0n) is 75.6. The standard InChI is InChI=1S/2C33H30.2C31H26/c1-21-3-13-29-30-14-4-22(2)16-32(30)33(31(29)15-21,19-23-5-7-25-9-11-27(25)17-23)20-24-6-8-26-10-12-28(26)18-24;1-5-25-9-13-27(14-10-25)21-33(22-28-15-11-26(6-2)12-16-28)31-19-23(3)7-17-29(31)30-18-8-24(4)20-32(30)33;1-19-3-13-27-28-14-4-20(2)16-30(28)31(29(27)15-19,25-11-9-21-5-7-23(21)17-25)26-12-10-22-6-8-24(22)18-26;1-5-23-9-13-25(14-10-23)31(26-15-11-24(6-2)12-16-26)29-19-21(3)7-17-27(29)28-18-8-22(4)20-30(28)31/h3-8,13-18H,9-12,19-20H2,1-2H3;5-20H,1-2,21-22H2,3-4H3;3-4,9-18H,5-8H2,1-2H3;5-20H,1-2H2,3-4H3. The molecule has 128 heavy (non-hydrogen) atoms. The fourth-order valence-corrected chi connectivity index (χ4v) is 23.3. The summed E-state index contributed by atoms with van der Waals surface area (Å²) >= 11 is 0. The molecule has 16 aromatic rings. The molecule has 0 nitrogen and oxygen atoms in total. The SMILES string of the molecule is C=Cc1ccc(C2(c3ccc(C=C)cc3)c3cc(C)ccc3-c3ccc(C)cc32)cc1.C=Cc1ccc(CC2(Cc3ccc(C=C)cc3)c3cc(C)ccc3-c3ccc(C)cc32)cc1.Cc1ccc2c(c1)C(Cc1ccc3c(c1)CC3)(Cc1ccc3c(c1)CC3)c1cc(C)ccc1-2.Cc1ccc2c(c1)C(c1ccc3c(c1)CC3)(c1ccc3c(c1)CC3)c1cc(C)ccc1-2. The quantitative estimate of drug-likeness (QED) is 0.0904. The van der Waals surface area contributed by atoms with E-state index in [9.17, 15) is 0 Å². The summed E-state index contributed by atoms with van der Waals surface area (Å²) in [6.45, 7) is 33.4. The molecule has 24 rings (SSSR count). The van der Waals surface area contributed by atoms with E-state index in [-0.39, 0.29) is 21.7 Å². The monoisotopic (exact) mass is 1650 g/mol. The number of fused-ring (bicyclic) bond motifs is 16. The van der Waals surface area contributed by atoms with Gasteiger partial charge < -0.3 is 0 Å². The lowest BCUT2D eigenvalue weighted by atomic mass is 9.65. The third-order valence-electron chi connectivity index (χ3n) is 30.3. The highest BCUT2D eigenvalue weighted by atomic mass is 14.5. The second-order valence-corrected chi connectivity index (χ2v) is 38.5. The summed E-state index contributed by atoms with van der Waals surface area (Å²) in [4.78, 5) is 0. The van der Waals surface area contributed by atoms with Gasteiger partial charge in [-0.2, -0.15) is 0 Å². The Morgan fingerprint density at radius 3 is 0.617 bits per heavy atom. The highest BCUT2D eigenvalue weighted by molar-refractivity contribution is 5.90. The molecule has 8 aliphatic rings. The molecule has 0 bridgehead atoms. The first-order valence-electron chi connectivity index (χ1n) is 46.6. The second kappa shape index (κ2) is 32.4. The molecule has 0 atom stereocenters. The van der Waals surface area contributed by atoms with E-state index in [1.807, 2.05) is 24.3 Å². The van der Waals surface area contributed by atoms with Crippen LogP contribution < -0.4 is 0 Å². The molecule has 0 unspecified atom stereocenters. The first-order valence-corrected chi connectivity index (χ1v) is 46.6. The maximum atomic E-state index is 3.94. The van der Waals surface area contributed by atoms with Crippen LogP contribution in [0.15, 0.2) is 342 Å². The van der Waals surface area contributed by atoms with Crippen LogP contribution in [0.4, 0.5) is 0 Å². The Kier molecular flexibility index (Phi) is 20.6. The van der Waals surface area contributed by atoms with Gasteiger partial charge in [0.2, 0.25) is 0 Å². The highest BCUT2D eigenvalue weighted by Crippen LogP contribution is 2.61. The molecule has 0 heteroatoms. The van der Waals surface area contributed by atoms with Crippen LogP contribution in [-0.2, 0) is 98.7 Å². The molecule has 0 amide bonds. The van der Waals surface area contributed by atoms with Crippen LogP contribution in [0.25, 0.3) is 68.8 Å². The summed E-state index contributed by atoms with van der Waals surface area (Å²) in [6.07, 6.45) is 21.5. The second-order valence-electron chi connectivity index (χ2n) is 38.5. The minimum Gasteiger partial charge on any atom is -0.0985 e. The Bertz CT molecular complexity index is 6770. The molecule has 0 N–H and O–H groups in total. The molecule has 0 heterocycles. The summed E-state index contributed by atoms with van der Waals surface area (Å²) < 4.78 is 0. The lowest BCUT2D eigenvalue weighted by molar-refractivity contribution is 0.518. The van der Waals surface area contributed by atoms with Crippen LogP contribution in [0.3, 0.4) is 0 Å². The van der Waals surface area contributed by atoms with Crippen molar-refractivity contribution in [2.45, 2.75) is 154 Å². The van der Waals surface area contributed by atoms with Gasteiger partial charge in [-0.15, -0.1) is 0 Å². The predicted octanol–water partition coefficient (Wildman–Crippen LogP) is 30.4. The Labute approximate surface area is 759 Å². The van der Waals surface area contributed by atoms with Gasteiger partial charge in [-0.1, -0.05) is 411 Å². The molecule has 0 spiro atoms. The van der Waals surface area contributed by atoms with Gasteiger partial charge in [0.1, 0.15) is 0 Å². The van der Waals surface area contributed by atoms with Gasteiger partial charge in [0, 0.05) is 10.8 Å². The van der Waals surface area contributed by atoms with Crippen LogP contribution in [-0.4, -0.2) is 0 Å². The molecule has 0 saturated heterocycles. The lowest BCUT2D eigenvalue weighted by Crippen LogP contribution is -2.32. The van der Waals surface area contributed by atoms with Crippen molar-refractivity contribution in [3.8, 4) is 44.5 Å². The number of hydrogen-bond acceptors (Lipinski definition) is 0. The Hall–Kier alpha value is -13.5. The average molecular weight is 1650 g/mol. The Balaban J connectivity index is 0.000000104. The maximum absolute atomic E-state index is 3.94. The zero-order valence-corrected chi connectivity index (χ0v) is 75.6. The van der Waals surface area contributed by atoms with Gasteiger partial charge in [0.15, 0.2) is 0 Å². The predicted molar refractivity (Wildman–Crippen MR) is 541 cm³/mol. The summed E-state index contributed by atoms with van der Waals surface area (Å²) in [5, 5.41) is 0. The first-order chi connectivity index (χ1) is 62.3. The lowest BCUT2D eigenvalue weighted by Gasteiger charge is -2.37. The van der Waals surface area contributed by atoms with Crippen molar-refractivity contribution in [1.29, 1.82) is 0 Å². The fraction of sp³-hybridized carbons (Fsp3) is 0.188. The van der Waals surface area contributed by atoms with E-state index >= 15 is 0 Å². The van der Waals surface area contributed by atoms with Crippen LogP contribution in [0.1, 0.15) is 200 Å². The van der Waals surface area contributed by atoms with Crippen molar-refractivity contribution in [2.24, 2.45) is 0 Å². The van der Waals surface area contributed by atoms with Crippen molar-refractivity contribution in [2.75, 3.05) is 0 Å². The molecule has 0 aliphatic heterocycles. The van der Waals surface area contributed by atoms with E-state index in [1.54, 1.807) is 22.3 Å². The minimum absolute atomic E-state index is 0.0291. The smallest absolute Gasteiger partial charge is 0.0713 e. The number of rotatable bonds is 16. The van der Waals surface area contributed by atoms with Gasteiger partial charge >= 0.3 is 0 Å². The van der Waals surface area contributed by atoms with Crippen molar-refractivity contribution < 1.29 is 0 Å². The van der Waals surface area contributed by atoms with Crippen molar-refractivity contribution in [1.82, 2.24) is 0 Å². The van der Waals surface area contributed by atoms with E-state index in [0.29, 0.717) is 0 Å². The summed E-state index contributed by atoms with van der Waals surface area (Å²) in [6, 6.07) is 121. The molecular formula is C128H112. The van der Waals surface area contributed by atoms with Gasteiger partial charge in [-0.05, 0) is 333 Å². The van der Waals surface area contributed by atoms with Crippen LogP contribution in [0.2, 0.25) is 0 Å². The van der Waals surface area contributed by atoms with Crippen molar-refractivity contribution >= 4 is 24.3 Å². The Morgan fingerprint density at radius 1 is 0.188 bits per heavy atom. The van der Waals surface area contributed by atoms with Crippen LogP contribution >= 0.6 is 0 Å². The largest absolute Gasteiger partial charge is 0.0985 e. The number of hydrogen-bond donors (Lipinski definition) is 0. The molecule has 0 aromatic heterocycles. The summed E-state index contributed by atoms with van der Waals surface area (Å²) in [5.41, 5.74) is 60.5. The molecular weight excluding hydrogens is 1540 g/mol. The van der Waals surface area contributed by atoms with Gasteiger partial charge in [0.25, 0.3) is 0 Å². The van der Waals surface area contributed by atoms with E-state index < -0.39 is 0 Å².